The highest BCUT2D eigenvalue weighted by Crippen LogP contribution is 2.46. The number of carbonyl (C=O) groups is 2. The van der Waals surface area contributed by atoms with Crippen LogP contribution in [-0.4, -0.2) is 64.1 Å². The molecule has 1 N–H and O–H groups in total. The third-order valence-electron chi connectivity index (χ3n) is 6.86. The third kappa shape index (κ3) is 6.71. The summed E-state index contributed by atoms with van der Waals surface area (Å²) in [7, 11) is 7.29. The Hall–Kier alpha value is -4.26. The van der Waals surface area contributed by atoms with Crippen molar-refractivity contribution in [2.75, 3.05) is 41.3 Å². The van der Waals surface area contributed by atoms with E-state index >= 15 is 0 Å². The van der Waals surface area contributed by atoms with Crippen LogP contribution in [0.3, 0.4) is 0 Å². The first kappa shape index (κ1) is 31.7. The lowest BCUT2D eigenvalue weighted by Gasteiger charge is -2.30. The highest BCUT2D eigenvalue weighted by molar-refractivity contribution is 7.99. The van der Waals surface area contributed by atoms with Gasteiger partial charge in [0.05, 0.1) is 41.1 Å². The highest BCUT2D eigenvalue weighted by Gasteiger charge is 2.43. The van der Waals surface area contributed by atoms with E-state index in [2.05, 4.69) is 5.32 Å². The van der Waals surface area contributed by atoms with Crippen molar-refractivity contribution in [1.29, 1.82) is 0 Å². The average Bonchev–Trinajstić information content (AvgIpc) is 3.47. The zero-order valence-corrected chi connectivity index (χ0v) is 24.9. The molecule has 230 valence electrons. The summed E-state index contributed by atoms with van der Waals surface area (Å²) in [5, 5.41) is 2.09. The van der Waals surface area contributed by atoms with Crippen LogP contribution in [0.4, 0.5) is 13.2 Å². The van der Waals surface area contributed by atoms with E-state index in [1.807, 2.05) is 0 Å². The Morgan fingerprint density at radius 1 is 0.860 bits per heavy atom. The van der Waals surface area contributed by atoms with Crippen LogP contribution in [0.1, 0.15) is 32.4 Å². The number of methoxy groups -OCH3 is 5. The number of nitrogens with one attached hydrogen (secondary N) is 1. The number of hydrogen-bond acceptors (Lipinski definition) is 8. The van der Waals surface area contributed by atoms with Gasteiger partial charge in [-0.25, -0.2) is 0 Å². The highest BCUT2D eigenvalue weighted by atomic mass is 32.2. The lowest BCUT2D eigenvalue weighted by Crippen LogP contribution is -2.47. The van der Waals surface area contributed by atoms with Crippen LogP contribution in [0.15, 0.2) is 54.6 Å². The molecule has 9 nitrogen and oxygen atoms in total. The minimum atomic E-state index is -4.52. The van der Waals surface area contributed by atoms with Gasteiger partial charge in [0.1, 0.15) is 11.4 Å². The van der Waals surface area contributed by atoms with Crippen molar-refractivity contribution < 1.29 is 46.4 Å². The predicted octanol–water partition coefficient (Wildman–Crippen LogP) is 5.32. The smallest absolute Gasteiger partial charge is 0.416 e. The summed E-state index contributed by atoms with van der Waals surface area (Å²) < 4.78 is 66.6. The van der Waals surface area contributed by atoms with Gasteiger partial charge in [0.2, 0.25) is 11.7 Å². The molecule has 2 atom stereocenters. The second-order valence-electron chi connectivity index (χ2n) is 9.36. The molecular formula is C30H31F3N2O7S. The fraction of sp³-hybridized carbons (Fsp3) is 0.333. The summed E-state index contributed by atoms with van der Waals surface area (Å²) in [6, 6.07) is 12.0. The quantitative estimate of drug-likeness (QED) is 0.326. The van der Waals surface area contributed by atoms with Gasteiger partial charge in [-0.3, -0.25) is 9.59 Å². The van der Waals surface area contributed by atoms with E-state index in [1.54, 1.807) is 18.2 Å². The number of benzene rings is 3. The van der Waals surface area contributed by atoms with Crippen molar-refractivity contribution in [3.63, 3.8) is 0 Å². The van der Waals surface area contributed by atoms with Crippen LogP contribution in [0.5, 0.6) is 28.7 Å². The maximum Gasteiger partial charge on any atom is 0.416 e. The van der Waals surface area contributed by atoms with E-state index in [-0.39, 0.29) is 34.9 Å². The molecule has 3 aromatic carbocycles. The van der Waals surface area contributed by atoms with Crippen molar-refractivity contribution in [3.8, 4) is 28.7 Å². The average molecular weight is 621 g/mol. The Balaban J connectivity index is 1.70. The zero-order valence-electron chi connectivity index (χ0n) is 24.1. The van der Waals surface area contributed by atoms with E-state index in [0.717, 1.165) is 12.1 Å². The minimum absolute atomic E-state index is 0.156. The fourth-order valence-electron chi connectivity index (χ4n) is 4.74. The van der Waals surface area contributed by atoms with Gasteiger partial charge in [0.15, 0.2) is 23.0 Å². The van der Waals surface area contributed by atoms with Gasteiger partial charge in [0.25, 0.3) is 5.91 Å². The molecule has 0 saturated carbocycles. The second kappa shape index (κ2) is 13.4. The number of alkyl halides is 3. The number of halogens is 3. The fourth-order valence-corrected chi connectivity index (χ4v) is 6.16. The normalized spacial score (nSPS) is 16.4. The Morgan fingerprint density at radius 2 is 1.51 bits per heavy atom. The van der Waals surface area contributed by atoms with Crippen molar-refractivity contribution >= 4 is 23.6 Å². The number of carbonyl (C=O) groups excluding carboxylic acids is 2. The molecule has 2 unspecified atom stereocenters. The number of nitrogens with zero attached hydrogens (tertiary/aromatic N) is 1. The van der Waals surface area contributed by atoms with Gasteiger partial charge in [0, 0.05) is 17.9 Å². The first-order valence-electron chi connectivity index (χ1n) is 13.0. The van der Waals surface area contributed by atoms with Gasteiger partial charge < -0.3 is 33.9 Å². The molecule has 0 aromatic heterocycles. The summed E-state index contributed by atoms with van der Waals surface area (Å²) in [5.74, 6) is 0.950. The first-order valence-corrected chi connectivity index (χ1v) is 14.0. The van der Waals surface area contributed by atoms with Gasteiger partial charge >= 0.3 is 6.18 Å². The second-order valence-corrected chi connectivity index (χ2v) is 10.5. The summed E-state index contributed by atoms with van der Waals surface area (Å²) in [6.45, 7) is -0.156. The maximum absolute atomic E-state index is 14.2. The standard InChI is InChI=1S/C30H31F3N2O7S/c1-38-22-10-9-18(12-23(22)39-2)29-35(28(37)19-13-24(40-3)26(42-5)25(14-19)41-4)21(16-43-29)27(36)34-15-17-7-6-8-20(11-17)30(31,32)33/h6-14,21,29H,15-16H2,1-5H3,(H,34,36). The summed E-state index contributed by atoms with van der Waals surface area (Å²) in [5.41, 5.74) is 0.311. The molecule has 0 radical (unpaired) electrons. The molecule has 1 fully saturated rings. The largest absolute Gasteiger partial charge is 0.493 e. The molecule has 1 aliphatic rings. The van der Waals surface area contributed by atoms with Crippen LogP contribution in [0, 0.1) is 0 Å². The van der Waals surface area contributed by atoms with Crippen molar-refractivity contribution in [2.45, 2.75) is 24.1 Å². The molecule has 1 saturated heterocycles. The molecular weight excluding hydrogens is 589 g/mol. The summed E-state index contributed by atoms with van der Waals surface area (Å²) >= 11 is 1.36. The van der Waals surface area contributed by atoms with Crippen LogP contribution in [0.25, 0.3) is 0 Å². The molecule has 13 heteroatoms. The number of hydrogen-bond donors (Lipinski definition) is 1. The molecule has 0 aliphatic carbocycles. The predicted molar refractivity (Wildman–Crippen MR) is 154 cm³/mol. The van der Waals surface area contributed by atoms with Gasteiger partial charge in [-0.05, 0) is 47.5 Å². The van der Waals surface area contributed by atoms with E-state index < -0.39 is 35.0 Å². The van der Waals surface area contributed by atoms with Gasteiger partial charge in [-0.2, -0.15) is 13.2 Å². The van der Waals surface area contributed by atoms with E-state index in [9.17, 15) is 22.8 Å². The van der Waals surface area contributed by atoms with Crippen molar-refractivity contribution in [2.24, 2.45) is 0 Å². The molecule has 43 heavy (non-hydrogen) atoms. The molecule has 2 amide bonds. The van der Waals surface area contributed by atoms with E-state index in [1.165, 1.54) is 76.5 Å². The number of rotatable bonds is 10. The van der Waals surface area contributed by atoms with E-state index in [4.69, 9.17) is 23.7 Å². The molecule has 4 rings (SSSR count). The first-order chi connectivity index (χ1) is 20.6. The Morgan fingerprint density at radius 3 is 2.09 bits per heavy atom. The van der Waals surface area contributed by atoms with Gasteiger partial charge in [-0.1, -0.05) is 18.2 Å². The lowest BCUT2D eigenvalue weighted by molar-refractivity contribution is -0.137. The lowest BCUT2D eigenvalue weighted by atomic mass is 10.1. The summed E-state index contributed by atoms with van der Waals surface area (Å²) in [4.78, 5) is 29.2. The number of amides is 2. The number of ether oxygens (including phenoxy) is 5. The molecule has 1 heterocycles. The summed E-state index contributed by atoms with van der Waals surface area (Å²) in [6.07, 6.45) is -4.52. The Labute approximate surface area is 251 Å². The SMILES string of the molecule is COc1ccc(C2SCC(C(=O)NCc3cccc(C(F)(F)F)c3)N2C(=O)c2cc(OC)c(OC)c(OC)c2)cc1OC. The van der Waals surface area contributed by atoms with Crippen LogP contribution < -0.4 is 29.0 Å². The Kier molecular flexibility index (Phi) is 9.84. The number of thioether (sulfide) groups is 1. The molecule has 0 bridgehead atoms. The van der Waals surface area contributed by atoms with E-state index in [0.29, 0.717) is 22.8 Å². The van der Waals surface area contributed by atoms with Gasteiger partial charge in [-0.15, -0.1) is 11.8 Å². The van der Waals surface area contributed by atoms with Crippen LogP contribution in [0.2, 0.25) is 0 Å². The minimum Gasteiger partial charge on any atom is -0.493 e. The topological polar surface area (TPSA) is 95.6 Å². The molecule has 0 spiro atoms. The van der Waals surface area contributed by atoms with Crippen molar-refractivity contribution in [3.05, 3.63) is 76.9 Å². The van der Waals surface area contributed by atoms with Crippen LogP contribution in [-0.2, 0) is 17.5 Å². The Bertz CT molecular complexity index is 1460. The zero-order chi connectivity index (χ0) is 31.3. The maximum atomic E-state index is 14.2. The monoisotopic (exact) mass is 620 g/mol. The molecule has 1 aliphatic heterocycles. The van der Waals surface area contributed by atoms with Crippen LogP contribution >= 0.6 is 11.8 Å². The molecule has 3 aromatic rings. The van der Waals surface area contributed by atoms with Crippen molar-refractivity contribution in [1.82, 2.24) is 10.2 Å². The third-order valence-corrected chi connectivity index (χ3v) is 8.19.